The summed E-state index contributed by atoms with van der Waals surface area (Å²) in [6, 6.07) is 0. The van der Waals surface area contributed by atoms with E-state index in [0.717, 1.165) is 13.1 Å². The van der Waals surface area contributed by atoms with Crippen molar-refractivity contribution in [3.05, 3.63) is 0 Å². The minimum Gasteiger partial charge on any atom is -0.416 e. The first kappa shape index (κ1) is 17.0. The Hall–Kier alpha value is 0.668. The maximum atomic E-state index is 6.57. The zero-order valence-corrected chi connectivity index (χ0v) is 17.9. The Balaban J connectivity index is 2.29. The van der Waals surface area contributed by atoms with Crippen LogP contribution in [-0.2, 0) is 16.5 Å². The van der Waals surface area contributed by atoms with E-state index in [4.69, 9.17) is 16.5 Å². The van der Waals surface area contributed by atoms with Crippen LogP contribution in [0.15, 0.2) is 0 Å². The van der Waals surface area contributed by atoms with Crippen LogP contribution in [0.3, 0.4) is 0 Å². The second kappa shape index (κ2) is 5.39. The molecule has 2 heterocycles. The van der Waals surface area contributed by atoms with Gasteiger partial charge in [-0.1, -0.05) is 0 Å². The molecule has 0 aliphatic carbocycles. The van der Waals surface area contributed by atoms with Gasteiger partial charge in [0.25, 0.3) is 0 Å². The summed E-state index contributed by atoms with van der Waals surface area (Å²) in [7, 11) is -9.00. The molecule has 2 rings (SSSR count). The summed E-state index contributed by atoms with van der Waals surface area (Å²) in [6.45, 7) is 17.0. The average Bonchev–Trinajstić information content (AvgIpc) is 2.60. The molecule has 0 bridgehead atoms. The second-order valence-electron chi connectivity index (χ2n) is 7.20. The molecule has 2 fully saturated rings. The lowest BCUT2D eigenvalue weighted by atomic mass is 10.4. The highest BCUT2D eigenvalue weighted by atomic mass is 28.5. The standard InChI is InChI=1S/C11H29NO4Si4/c1-17(2)13-18(3,4)15-20(7,12-10-8-9-11-12)16-19(5,6)14-17/h8-11H2,1-7H3. The van der Waals surface area contributed by atoms with Gasteiger partial charge in [0.1, 0.15) is 0 Å². The summed E-state index contributed by atoms with van der Waals surface area (Å²) >= 11 is 0. The maximum Gasteiger partial charge on any atom is 0.406 e. The fraction of sp³-hybridized carbons (Fsp3) is 1.00. The van der Waals surface area contributed by atoms with Crippen LogP contribution < -0.4 is 0 Å². The highest BCUT2D eigenvalue weighted by Gasteiger charge is 2.55. The average molecular weight is 352 g/mol. The monoisotopic (exact) mass is 351 g/mol. The molecule has 0 N–H and O–H groups in total. The minimum atomic E-state index is -2.39. The van der Waals surface area contributed by atoms with Crippen molar-refractivity contribution in [3.63, 3.8) is 0 Å². The molecule has 20 heavy (non-hydrogen) atoms. The number of nitrogens with zero attached hydrogens (tertiary/aromatic N) is 1. The van der Waals surface area contributed by atoms with E-state index in [1.807, 2.05) is 0 Å². The van der Waals surface area contributed by atoms with Gasteiger partial charge in [-0.15, -0.1) is 0 Å². The van der Waals surface area contributed by atoms with Crippen LogP contribution >= 0.6 is 0 Å². The summed E-state index contributed by atoms with van der Waals surface area (Å²) in [5.74, 6) is 0. The molecule has 2 aliphatic heterocycles. The van der Waals surface area contributed by atoms with Crippen molar-refractivity contribution < 1.29 is 16.5 Å². The Kier molecular flexibility index (Phi) is 4.59. The third-order valence-corrected chi connectivity index (χ3v) is 20.0. The Labute approximate surface area is 127 Å². The molecule has 0 atom stereocenters. The van der Waals surface area contributed by atoms with Crippen molar-refractivity contribution in [1.82, 2.24) is 4.57 Å². The first-order chi connectivity index (χ1) is 8.93. The lowest BCUT2D eigenvalue weighted by Gasteiger charge is -2.49. The topological polar surface area (TPSA) is 40.2 Å². The first-order valence-electron chi connectivity index (χ1n) is 7.49. The van der Waals surface area contributed by atoms with Gasteiger partial charge in [-0.2, -0.15) is 0 Å². The molecule has 0 unspecified atom stereocenters. The van der Waals surface area contributed by atoms with Gasteiger partial charge in [-0.3, -0.25) is 4.57 Å². The summed E-state index contributed by atoms with van der Waals surface area (Å²) in [6.07, 6.45) is 2.47. The van der Waals surface area contributed by atoms with E-state index in [-0.39, 0.29) is 0 Å². The number of rotatable bonds is 1. The number of hydrogen-bond acceptors (Lipinski definition) is 5. The quantitative estimate of drug-likeness (QED) is 0.679. The third-order valence-electron chi connectivity index (χ3n) is 3.53. The van der Waals surface area contributed by atoms with Crippen LogP contribution in [-0.4, -0.2) is 52.1 Å². The zero-order valence-electron chi connectivity index (χ0n) is 13.9. The molecule has 0 aromatic heterocycles. The van der Waals surface area contributed by atoms with Crippen LogP contribution in [0.4, 0.5) is 0 Å². The van der Waals surface area contributed by atoms with Gasteiger partial charge in [0.15, 0.2) is 0 Å². The fourth-order valence-electron chi connectivity index (χ4n) is 3.43. The van der Waals surface area contributed by atoms with Crippen molar-refractivity contribution in [3.8, 4) is 0 Å². The summed E-state index contributed by atoms with van der Waals surface area (Å²) in [5, 5.41) is 0. The Morgan fingerprint density at radius 2 is 0.950 bits per heavy atom. The normalized spacial score (nSPS) is 32.5. The van der Waals surface area contributed by atoms with Crippen molar-refractivity contribution in [1.29, 1.82) is 0 Å². The van der Waals surface area contributed by atoms with Gasteiger partial charge in [0.2, 0.25) is 0 Å². The van der Waals surface area contributed by atoms with Crippen LogP contribution in [0.25, 0.3) is 0 Å². The molecule has 5 nitrogen and oxygen atoms in total. The van der Waals surface area contributed by atoms with Crippen LogP contribution in [0.2, 0.25) is 45.8 Å². The van der Waals surface area contributed by atoms with Crippen molar-refractivity contribution in [2.45, 2.75) is 58.7 Å². The largest absolute Gasteiger partial charge is 0.416 e. The van der Waals surface area contributed by atoms with E-state index in [9.17, 15) is 0 Å². The molecule has 0 radical (unpaired) electrons. The molecular formula is C11H29NO4Si4. The van der Waals surface area contributed by atoms with Crippen molar-refractivity contribution >= 4 is 34.4 Å². The Morgan fingerprint density at radius 3 is 1.35 bits per heavy atom. The maximum absolute atomic E-state index is 6.57. The number of hydrogen-bond donors (Lipinski definition) is 0. The van der Waals surface area contributed by atoms with E-state index in [2.05, 4.69) is 50.4 Å². The van der Waals surface area contributed by atoms with Gasteiger partial charge in [-0.05, 0) is 71.8 Å². The van der Waals surface area contributed by atoms with Gasteiger partial charge in [0.05, 0.1) is 0 Å². The SMILES string of the molecule is C[Si]1(C)O[Si](C)(C)O[Si](C)(N2CCCC2)O[Si](C)(C)O1. The Bertz CT molecular complexity index is 349. The molecule has 2 aliphatic rings. The van der Waals surface area contributed by atoms with Gasteiger partial charge in [0, 0.05) is 0 Å². The predicted molar refractivity (Wildman–Crippen MR) is 89.2 cm³/mol. The van der Waals surface area contributed by atoms with Crippen molar-refractivity contribution in [2.24, 2.45) is 0 Å². The molecule has 0 amide bonds. The first-order valence-corrected chi connectivity index (χ1v) is 18.2. The predicted octanol–water partition coefficient (Wildman–Crippen LogP) is 2.84. The lowest BCUT2D eigenvalue weighted by molar-refractivity contribution is 0.193. The summed E-state index contributed by atoms with van der Waals surface area (Å²) in [5.41, 5.74) is 0. The Morgan fingerprint density at radius 1 is 0.600 bits per heavy atom. The lowest BCUT2D eigenvalue weighted by Crippen LogP contribution is -2.70. The van der Waals surface area contributed by atoms with Crippen LogP contribution in [0.1, 0.15) is 12.8 Å². The third kappa shape index (κ3) is 4.11. The van der Waals surface area contributed by atoms with E-state index >= 15 is 0 Å². The molecule has 9 heteroatoms. The van der Waals surface area contributed by atoms with Crippen LogP contribution in [0.5, 0.6) is 0 Å². The highest BCUT2D eigenvalue weighted by molar-refractivity contribution is 6.92. The minimum absolute atomic E-state index is 1.08. The van der Waals surface area contributed by atoms with E-state index in [1.165, 1.54) is 12.8 Å². The van der Waals surface area contributed by atoms with Crippen LogP contribution in [0, 0.1) is 0 Å². The zero-order chi connectivity index (χ0) is 15.2. The molecule has 0 saturated carbocycles. The molecule has 0 aromatic carbocycles. The highest BCUT2D eigenvalue weighted by Crippen LogP contribution is 2.33. The summed E-state index contributed by atoms with van der Waals surface area (Å²) in [4.78, 5) is 0. The molecule has 0 spiro atoms. The molecule has 118 valence electrons. The van der Waals surface area contributed by atoms with E-state index in [0.29, 0.717) is 0 Å². The smallest absolute Gasteiger partial charge is 0.406 e. The fourth-order valence-corrected chi connectivity index (χ4v) is 24.5. The van der Waals surface area contributed by atoms with Crippen molar-refractivity contribution in [2.75, 3.05) is 13.1 Å². The molecule has 0 aromatic rings. The summed E-state index contributed by atoms with van der Waals surface area (Å²) < 4.78 is 28.3. The van der Waals surface area contributed by atoms with Gasteiger partial charge >= 0.3 is 34.4 Å². The van der Waals surface area contributed by atoms with E-state index in [1.54, 1.807) is 0 Å². The van der Waals surface area contributed by atoms with Gasteiger partial charge in [-0.25, -0.2) is 0 Å². The van der Waals surface area contributed by atoms with E-state index < -0.39 is 34.4 Å². The molecular weight excluding hydrogens is 322 g/mol. The van der Waals surface area contributed by atoms with Gasteiger partial charge < -0.3 is 16.5 Å². The second-order valence-corrected chi connectivity index (χ2v) is 21.3. The molecule has 2 saturated heterocycles.